The summed E-state index contributed by atoms with van der Waals surface area (Å²) in [6, 6.07) is 21.8. The van der Waals surface area contributed by atoms with Gasteiger partial charge in [0.1, 0.15) is 11.9 Å². The van der Waals surface area contributed by atoms with Crippen LogP contribution >= 0.6 is 0 Å². The smallest absolute Gasteiger partial charge is 0.243 e. The highest BCUT2D eigenvalue weighted by molar-refractivity contribution is 7.92. The van der Waals surface area contributed by atoms with Crippen molar-refractivity contribution in [2.75, 3.05) is 17.1 Å². The highest BCUT2D eigenvalue weighted by atomic mass is 32.2. The van der Waals surface area contributed by atoms with Crippen LogP contribution in [0.1, 0.15) is 50.3 Å². The number of rotatable bonds is 12. The second kappa shape index (κ2) is 13.8. The van der Waals surface area contributed by atoms with Gasteiger partial charge in [-0.1, -0.05) is 60.2 Å². The number of amides is 2. The third kappa shape index (κ3) is 10.0. The maximum Gasteiger partial charge on any atom is 0.243 e. The van der Waals surface area contributed by atoms with Crippen LogP contribution in [0.3, 0.4) is 0 Å². The van der Waals surface area contributed by atoms with E-state index in [0.717, 1.165) is 27.3 Å². The Bertz CT molecular complexity index is 1400. The first kappa shape index (κ1) is 31.8. The molecule has 0 aliphatic heterocycles. The first-order chi connectivity index (χ1) is 19.2. The molecule has 2 amide bonds. The van der Waals surface area contributed by atoms with Crippen LogP contribution in [0.5, 0.6) is 0 Å². The lowest BCUT2D eigenvalue weighted by atomic mass is 10.00. The van der Waals surface area contributed by atoms with Crippen molar-refractivity contribution in [2.24, 2.45) is 0 Å². The van der Waals surface area contributed by atoms with Gasteiger partial charge in [0.2, 0.25) is 21.8 Å². The van der Waals surface area contributed by atoms with E-state index in [1.807, 2.05) is 82.3 Å². The summed E-state index contributed by atoms with van der Waals surface area (Å²) in [5.41, 5.74) is 2.71. The molecule has 0 aliphatic rings. The molecule has 41 heavy (non-hydrogen) atoms. The SMILES string of the molecule is Cc1ccc(CN(C(=O)CCCN(c2ccc(F)cc2)S(C)(=O)=O)[C@@H](Cc2ccccc2)C(=O)NC(C)(C)C)cc1. The van der Waals surface area contributed by atoms with Gasteiger partial charge in [0.25, 0.3) is 0 Å². The van der Waals surface area contributed by atoms with Crippen molar-refractivity contribution in [3.63, 3.8) is 0 Å². The molecule has 3 rings (SSSR count). The fourth-order valence-corrected chi connectivity index (χ4v) is 5.47. The minimum absolute atomic E-state index is 0.0210. The van der Waals surface area contributed by atoms with Gasteiger partial charge in [-0.05, 0) is 69.5 Å². The Kier molecular flexibility index (Phi) is 10.7. The normalized spacial score (nSPS) is 12.4. The maximum atomic E-state index is 13.9. The zero-order valence-electron chi connectivity index (χ0n) is 24.4. The largest absolute Gasteiger partial charge is 0.350 e. The highest BCUT2D eigenvalue weighted by Crippen LogP contribution is 2.21. The molecule has 0 fully saturated rings. The molecule has 3 aromatic carbocycles. The van der Waals surface area contributed by atoms with Crippen LogP contribution in [-0.4, -0.2) is 49.5 Å². The lowest BCUT2D eigenvalue weighted by Crippen LogP contribution is -2.54. The van der Waals surface area contributed by atoms with Crippen molar-refractivity contribution in [1.29, 1.82) is 0 Å². The number of carbonyl (C=O) groups excluding carboxylic acids is 2. The van der Waals surface area contributed by atoms with Gasteiger partial charge in [-0.3, -0.25) is 13.9 Å². The van der Waals surface area contributed by atoms with E-state index >= 15 is 0 Å². The Morgan fingerprint density at radius 3 is 2.07 bits per heavy atom. The molecule has 0 saturated carbocycles. The molecule has 0 spiro atoms. The number of benzene rings is 3. The third-order valence-corrected chi connectivity index (χ3v) is 7.70. The Morgan fingerprint density at radius 2 is 1.51 bits per heavy atom. The molecule has 1 N–H and O–H groups in total. The third-order valence-electron chi connectivity index (χ3n) is 6.51. The Balaban J connectivity index is 1.89. The monoisotopic (exact) mass is 581 g/mol. The predicted molar refractivity (Wildman–Crippen MR) is 161 cm³/mol. The Morgan fingerprint density at radius 1 is 0.902 bits per heavy atom. The first-order valence-electron chi connectivity index (χ1n) is 13.7. The van der Waals surface area contributed by atoms with Crippen LogP contribution in [0.15, 0.2) is 78.9 Å². The van der Waals surface area contributed by atoms with Crippen molar-refractivity contribution >= 4 is 27.5 Å². The molecule has 0 heterocycles. The van der Waals surface area contributed by atoms with Gasteiger partial charge < -0.3 is 10.2 Å². The molecule has 0 saturated heterocycles. The van der Waals surface area contributed by atoms with Crippen molar-refractivity contribution < 1.29 is 22.4 Å². The summed E-state index contributed by atoms with van der Waals surface area (Å²) in [7, 11) is -3.67. The van der Waals surface area contributed by atoms with Gasteiger partial charge in [-0.2, -0.15) is 0 Å². The lowest BCUT2D eigenvalue weighted by Gasteiger charge is -2.34. The van der Waals surface area contributed by atoms with Crippen LogP contribution in [0, 0.1) is 12.7 Å². The quantitative estimate of drug-likeness (QED) is 0.317. The zero-order chi connectivity index (χ0) is 30.2. The number of hydrogen-bond acceptors (Lipinski definition) is 4. The van der Waals surface area contributed by atoms with E-state index in [9.17, 15) is 22.4 Å². The van der Waals surface area contributed by atoms with Crippen LogP contribution in [0.4, 0.5) is 10.1 Å². The summed E-state index contributed by atoms with van der Waals surface area (Å²) >= 11 is 0. The fourth-order valence-electron chi connectivity index (χ4n) is 4.51. The maximum absolute atomic E-state index is 13.9. The summed E-state index contributed by atoms with van der Waals surface area (Å²) in [4.78, 5) is 29.1. The van der Waals surface area contributed by atoms with Gasteiger partial charge >= 0.3 is 0 Å². The first-order valence-corrected chi connectivity index (χ1v) is 15.5. The van der Waals surface area contributed by atoms with Crippen molar-refractivity contribution in [3.05, 3.63) is 101 Å². The zero-order valence-corrected chi connectivity index (χ0v) is 25.2. The summed E-state index contributed by atoms with van der Waals surface area (Å²) in [5, 5.41) is 3.04. The minimum Gasteiger partial charge on any atom is -0.350 e. The summed E-state index contributed by atoms with van der Waals surface area (Å²) in [6.07, 6.45) is 1.64. The van der Waals surface area contributed by atoms with Gasteiger partial charge in [0.15, 0.2) is 0 Å². The second-order valence-corrected chi connectivity index (χ2v) is 13.3. The number of nitrogens with one attached hydrogen (secondary N) is 1. The van der Waals surface area contributed by atoms with Gasteiger partial charge in [0.05, 0.1) is 11.9 Å². The molecule has 0 bridgehead atoms. The lowest BCUT2D eigenvalue weighted by molar-refractivity contribution is -0.142. The van der Waals surface area contributed by atoms with Crippen LogP contribution in [-0.2, 0) is 32.6 Å². The second-order valence-electron chi connectivity index (χ2n) is 11.4. The standard InChI is InChI=1S/C32H40FN3O4S/c1-24-13-15-26(16-14-24)23-35(29(31(38)34-32(2,3)4)22-25-10-7-6-8-11-25)30(37)12-9-21-36(41(5,39)40)28-19-17-27(33)18-20-28/h6-8,10-11,13-20,29H,9,12,21-23H2,1-5H3,(H,34,38)/t29-/m0/s1. The molecule has 0 aliphatic carbocycles. The van der Waals surface area contributed by atoms with Gasteiger partial charge in [0, 0.05) is 31.5 Å². The molecular weight excluding hydrogens is 541 g/mol. The van der Waals surface area contributed by atoms with Crippen molar-refractivity contribution in [3.8, 4) is 0 Å². The van der Waals surface area contributed by atoms with Crippen LogP contribution in [0.2, 0.25) is 0 Å². The van der Waals surface area contributed by atoms with Crippen LogP contribution in [0.25, 0.3) is 0 Å². The molecule has 3 aromatic rings. The van der Waals surface area contributed by atoms with E-state index in [2.05, 4.69) is 5.32 Å². The molecule has 9 heteroatoms. The number of anilines is 1. The molecule has 0 aromatic heterocycles. The van der Waals surface area contributed by atoms with Gasteiger partial charge in [-0.25, -0.2) is 12.8 Å². The Labute approximate surface area is 243 Å². The van der Waals surface area contributed by atoms with Gasteiger partial charge in [-0.15, -0.1) is 0 Å². The van der Waals surface area contributed by atoms with Crippen molar-refractivity contribution in [2.45, 2.75) is 65.1 Å². The molecular formula is C32H40FN3O4S. The molecule has 1 atom stereocenters. The highest BCUT2D eigenvalue weighted by Gasteiger charge is 2.32. The number of hydrogen-bond donors (Lipinski definition) is 1. The average molecular weight is 582 g/mol. The van der Waals surface area contributed by atoms with E-state index < -0.39 is 27.4 Å². The van der Waals surface area contributed by atoms with E-state index in [-0.39, 0.29) is 37.7 Å². The number of carbonyl (C=O) groups is 2. The number of nitrogens with zero attached hydrogens (tertiary/aromatic N) is 2. The van der Waals surface area contributed by atoms with Crippen LogP contribution < -0.4 is 9.62 Å². The number of halogens is 1. The molecule has 7 nitrogen and oxygen atoms in total. The van der Waals surface area contributed by atoms with E-state index in [1.54, 1.807) is 4.90 Å². The molecule has 0 radical (unpaired) electrons. The Hall–Kier alpha value is -3.72. The number of aryl methyl sites for hydroxylation is 1. The van der Waals surface area contributed by atoms with E-state index in [4.69, 9.17) is 0 Å². The average Bonchev–Trinajstić information content (AvgIpc) is 2.89. The van der Waals surface area contributed by atoms with Crippen molar-refractivity contribution in [1.82, 2.24) is 10.2 Å². The molecule has 0 unspecified atom stereocenters. The van der Waals surface area contributed by atoms with E-state index in [1.165, 1.54) is 24.3 Å². The van der Waals surface area contributed by atoms with E-state index in [0.29, 0.717) is 12.1 Å². The predicted octanol–water partition coefficient (Wildman–Crippen LogP) is 5.24. The molecule has 220 valence electrons. The number of sulfonamides is 1. The summed E-state index contributed by atoms with van der Waals surface area (Å²) in [6.45, 7) is 7.92. The summed E-state index contributed by atoms with van der Waals surface area (Å²) < 4.78 is 39.6. The fraction of sp³-hybridized carbons (Fsp3) is 0.375. The topological polar surface area (TPSA) is 86.8 Å². The summed E-state index contributed by atoms with van der Waals surface area (Å²) in [5.74, 6) is -0.990. The minimum atomic E-state index is -3.67.